The van der Waals surface area contributed by atoms with Crippen molar-refractivity contribution in [2.45, 2.75) is 110 Å². The zero-order valence-electron chi connectivity index (χ0n) is 22.1. The standard InChI is InChI=1S/C34H50/c1-4-7-8-9-10-11-12-13-14-15-16-17-18-19-34(28-32-24-20-30(5-2)21-25-32)29-33-26-22-31(6-3)23-27-33/h5-6,20-27,34H,2-4,7-19,28-29H2,1H3. The third-order valence-corrected chi connectivity index (χ3v) is 7.20. The van der Waals surface area contributed by atoms with E-state index in [0.29, 0.717) is 5.92 Å². The van der Waals surface area contributed by atoms with Crippen LogP contribution in [0.1, 0.15) is 119 Å². The number of hydrogen-bond acceptors (Lipinski definition) is 0. The predicted octanol–water partition coefficient (Wildman–Crippen LogP) is 10.9. The van der Waals surface area contributed by atoms with Gasteiger partial charge in [0.05, 0.1) is 0 Å². The van der Waals surface area contributed by atoms with E-state index < -0.39 is 0 Å². The predicted molar refractivity (Wildman–Crippen MR) is 154 cm³/mol. The molecule has 2 aromatic rings. The van der Waals surface area contributed by atoms with E-state index in [1.807, 2.05) is 12.2 Å². The van der Waals surface area contributed by atoms with E-state index in [4.69, 9.17) is 0 Å². The largest absolute Gasteiger partial charge is 0.0985 e. The van der Waals surface area contributed by atoms with Gasteiger partial charge in [-0.05, 0) is 47.4 Å². The van der Waals surface area contributed by atoms with Crippen molar-refractivity contribution < 1.29 is 0 Å². The molecule has 0 bridgehead atoms. The van der Waals surface area contributed by atoms with Crippen LogP contribution in [0.5, 0.6) is 0 Å². The fourth-order valence-electron chi connectivity index (χ4n) is 4.97. The zero-order chi connectivity index (χ0) is 24.3. The molecule has 186 valence electrons. The highest BCUT2D eigenvalue weighted by atomic mass is 14.2. The van der Waals surface area contributed by atoms with Gasteiger partial charge in [0.1, 0.15) is 0 Å². The van der Waals surface area contributed by atoms with Crippen molar-refractivity contribution in [1.29, 1.82) is 0 Å². The molecule has 0 aliphatic carbocycles. The molecule has 0 heteroatoms. The van der Waals surface area contributed by atoms with Gasteiger partial charge in [-0.3, -0.25) is 0 Å². The molecular formula is C34H50. The summed E-state index contributed by atoms with van der Waals surface area (Å²) in [7, 11) is 0. The maximum atomic E-state index is 3.88. The quantitative estimate of drug-likeness (QED) is 0.173. The van der Waals surface area contributed by atoms with E-state index in [0.717, 1.165) is 0 Å². The van der Waals surface area contributed by atoms with Crippen LogP contribution in [0.2, 0.25) is 0 Å². The monoisotopic (exact) mass is 458 g/mol. The molecule has 0 radical (unpaired) electrons. The topological polar surface area (TPSA) is 0 Å². The minimum atomic E-state index is 0.705. The minimum Gasteiger partial charge on any atom is -0.0985 e. The normalized spacial score (nSPS) is 11.1. The fourth-order valence-corrected chi connectivity index (χ4v) is 4.97. The molecule has 0 fully saturated rings. The highest BCUT2D eigenvalue weighted by molar-refractivity contribution is 5.48. The van der Waals surface area contributed by atoms with E-state index in [1.165, 1.54) is 125 Å². The summed E-state index contributed by atoms with van der Waals surface area (Å²) in [6.07, 6.45) is 26.0. The van der Waals surface area contributed by atoms with E-state index in [1.54, 1.807) is 0 Å². The van der Waals surface area contributed by atoms with Crippen LogP contribution in [0.25, 0.3) is 12.2 Å². The van der Waals surface area contributed by atoms with Gasteiger partial charge >= 0.3 is 0 Å². The molecule has 0 aromatic heterocycles. The number of hydrogen-bond donors (Lipinski definition) is 0. The average molecular weight is 459 g/mol. The molecule has 0 spiro atoms. The van der Waals surface area contributed by atoms with Crippen LogP contribution < -0.4 is 0 Å². The Morgan fingerprint density at radius 2 is 0.882 bits per heavy atom. The maximum absolute atomic E-state index is 3.88. The molecule has 2 rings (SSSR count). The lowest BCUT2D eigenvalue weighted by atomic mass is 9.87. The lowest BCUT2D eigenvalue weighted by Gasteiger charge is -2.18. The second kappa shape index (κ2) is 18.3. The fraction of sp³-hybridized carbons (Fsp3) is 0.529. The van der Waals surface area contributed by atoms with Gasteiger partial charge in [-0.15, -0.1) is 0 Å². The van der Waals surface area contributed by atoms with Gasteiger partial charge in [0.2, 0.25) is 0 Å². The third-order valence-electron chi connectivity index (χ3n) is 7.20. The summed E-state index contributed by atoms with van der Waals surface area (Å²) < 4.78 is 0. The van der Waals surface area contributed by atoms with Gasteiger partial charge in [0, 0.05) is 0 Å². The Morgan fingerprint density at radius 1 is 0.529 bits per heavy atom. The van der Waals surface area contributed by atoms with Gasteiger partial charge in [0.25, 0.3) is 0 Å². The SMILES string of the molecule is C=Cc1ccc(CC(CCCCCCCCCCCCCCC)Cc2ccc(C=C)cc2)cc1. The van der Waals surface area contributed by atoms with E-state index in [-0.39, 0.29) is 0 Å². The minimum absolute atomic E-state index is 0.705. The molecule has 0 saturated carbocycles. The molecule has 2 aromatic carbocycles. The molecule has 0 atom stereocenters. The Hall–Kier alpha value is -2.08. The summed E-state index contributed by atoms with van der Waals surface area (Å²) >= 11 is 0. The Bertz CT molecular complexity index is 711. The van der Waals surface area contributed by atoms with Gasteiger partial charge in [-0.25, -0.2) is 0 Å². The molecule has 0 heterocycles. The van der Waals surface area contributed by atoms with Gasteiger partial charge < -0.3 is 0 Å². The van der Waals surface area contributed by atoms with Crippen molar-refractivity contribution in [3.8, 4) is 0 Å². The van der Waals surface area contributed by atoms with E-state index >= 15 is 0 Å². The first-order valence-corrected chi connectivity index (χ1v) is 14.2. The van der Waals surface area contributed by atoms with Crippen LogP contribution in [0.3, 0.4) is 0 Å². The van der Waals surface area contributed by atoms with E-state index in [9.17, 15) is 0 Å². The second-order valence-corrected chi connectivity index (χ2v) is 10.2. The highest BCUT2D eigenvalue weighted by Gasteiger charge is 2.11. The molecular weight excluding hydrogens is 408 g/mol. The summed E-state index contributed by atoms with van der Waals surface area (Å²) in [6.45, 7) is 10.1. The molecule has 0 aliphatic heterocycles. The summed E-state index contributed by atoms with van der Waals surface area (Å²) in [4.78, 5) is 0. The van der Waals surface area contributed by atoms with Gasteiger partial charge in [0.15, 0.2) is 0 Å². The smallest absolute Gasteiger partial charge is 0.0247 e. The van der Waals surface area contributed by atoms with Crippen molar-refractivity contribution in [2.24, 2.45) is 5.92 Å². The average Bonchev–Trinajstić information content (AvgIpc) is 2.87. The summed E-state index contributed by atoms with van der Waals surface area (Å²) in [5, 5.41) is 0. The Balaban J connectivity index is 1.68. The Labute approximate surface area is 211 Å². The maximum Gasteiger partial charge on any atom is -0.0247 e. The van der Waals surface area contributed by atoms with Crippen LogP contribution in [-0.2, 0) is 12.8 Å². The number of unbranched alkanes of at least 4 members (excludes halogenated alkanes) is 12. The molecule has 0 aliphatic rings. The van der Waals surface area contributed by atoms with Crippen LogP contribution >= 0.6 is 0 Å². The van der Waals surface area contributed by atoms with Crippen LogP contribution in [0.4, 0.5) is 0 Å². The highest BCUT2D eigenvalue weighted by Crippen LogP contribution is 2.23. The van der Waals surface area contributed by atoms with E-state index in [2.05, 4.69) is 68.6 Å². The molecule has 34 heavy (non-hydrogen) atoms. The third kappa shape index (κ3) is 12.4. The van der Waals surface area contributed by atoms with Gasteiger partial charge in [-0.2, -0.15) is 0 Å². The number of rotatable bonds is 20. The first-order valence-electron chi connectivity index (χ1n) is 14.2. The van der Waals surface area contributed by atoms with Crippen LogP contribution in [0, 0.1) is 5.92 Å². The van der Waals surface area contributed by atoms with Crippen molar-refractivity contribution in [1.82, 2.24) is 0 Å². The van der Waals surface area contributed by atoms with Crippen molar-refractivity contribution in [2.75, 3.05) is 0 Å². The van der Waals surface area contributed by atoms with Crippen molar-refractivity contribution in [3.63, 3.8) is 0 Å². The number of benzene rings is 2. The van der Waals surface area contributed by atoms with Crippen molar-refractivity contribution >= 4 is 12.2 Å². The van der Waals surface area contributed by atoms with Gasteiger partial charge in [-0.1, -0.05) is 164 Å². The molecule has 0 unspecified atom stereocenters. The summed E-state index contributed by atoms with van der Waals surface area (Å²) in [5.41, 5.74) is 5.31. The first-order chi connectivity index (χ1) is 16.7. The molecule has 0 N–H and O–H groups in total. The summed E-state index contributed by atoms with van der Waals surface area (Å²) in [5.74, 6) is 0.705. The molecule has 0 saturated heterocycles. The lowest BCUT2D eigenvalue weighted by molar-refractivity contribution is 0.444. The first kappa shape index (κ1) is 28.2. The van der Waals surface area contributed by atoms with Crippen molar-refractivity contribution in [3.05, 3.63) is 83.9 Å². The van der Waals surface area contributed by atoms with Crippen LogP contribution in [0.15, 0.2) is 61.7 Å². The molecule has 0 amide bonds. The van der Waals surface area contributed by atoms with Crippen LogP contribution in [-0.4, -0.2) is 0 Å². The zero-order valence-corrected chi connectivity index (χ0v) is 22.1. The second-order valence-electron chi connectivity index (χ2n) is 10.2. The lowest BCUT2D eigenvalue weighted by Crippen LogP contribution is -2.09. The Morgan fingerprint density at radius 3 is 1.24 bits per heavy atom. The molecule has 0 nitrogen and oxygen atoms in total. The summed E-state index contributed by atoms with van der Waals surface area (Å²) in [6, 6.07) is 17.9. The Kier molecular flexibility index (Phi) is 15.1.